The molecule has 5 nitrogen and oxygen atoms in total. The number of thiazole rings is 1. The van der Waals surface area contributed by atoms with Crippen LogP contribution in [0.1, 0.15) is 37.0 Å². The number of rotatable bonds is 3. The molecule has 0 unspecified atom stereocenters. The Labute approximate surface area is 175 Å². The highest BCUT2D eigenvalue weighted by molar-refractivity contribution is 7.15. The molecule has 28 heavy (non-hydrogen) atoms. The molecule has 0 saturated carbocycles. The molecule has 2 aromatic rings. The summed E-state index contributed by atoms with van der Waals surface area (Å²) in [7, 11) is 0. The Hall–Kier alpha value is -1.63. The summed E-state index contributed by atoms with van der Waals surface area (Å²) in [5, 5.41) is 1.53. The monoisotopic (exact) mass is 419 g/mol. The van der Waals surface area contributed by atoms with Crippen LogP contribution < -0.4 is 4.74 Å². The third kappa shape index (κ3) is 4.50. The van der Waals surface area contributed by atoms with Crippen molar-refractivity contribution in [3.63, 3.8) is 0 Å². The van der Waals surface area contributed by atoms with Crippen LogP contribution in [0.3, 0.4) is 0 Å². The largest absolute Gasteiger partial charge is 0.416 e. The minimum absolute atomic E-state index is 0.284. The lowest BCUT2D eigenvalue weighted by Gasteiger charge is -2.39. The summed E-state index contributed by atoms with van der Waals surface area (Å²) < 4.78 is 5.64. The zero-order valence-electron chi connectivity index (χ0n) is 16.2. The SMILES string of the molecule is Cc1sc(-c2ccc(Cl)cc2)nc1OC(=O)N1CCC(N2CCCCC2)CC1. The van der Waals surface area contributed by atoms with Crippen LogP contribution >= 0.6 is 22.9 Å². The Kier molecular flexibility index (Phi) is 6.19. The molecular formula is C21H26ClN3O2S. The second-order valence-electron chi connectivity index (χ2n) is 7.57. The molecule has 0 N–H and O–H groups in total. The maximum Gasteiger partial charge on any atom is 0.416 e. The van der Waals surface area contributed by atoms with E-state index in [1.165, 1.54) is 43.7 Å². The van der Waals surface area contributed by atoms with Crippen LogP contribution in [0.25, 0.3) is 10.6 Å². The molecule has 7 heteroatoms. The van der Waals surface area contributed by atoms with Gasteiger partial charge < -0.3 is 14.5 Å². The van der Waals surface area contributed by atoms with Gasteiger partial charge in [0.25, 0.3) is 0 Å². The molecule has 3 heterocycles. The molecule has 0 radical (unpaired) electrons. The summed E-state index contributed by atoms with van der Waals surface area (Å²) in [6.07, 6.45) is 5.74. The van der Waals surface area contributed by atoms with Crippen LogP contribution in [0.2, 0.25) is 5.02 Å². The third-order valence-corrected chi connectivity index (χ3v) is 6.91. The standard InChI is InChI=1S/C21H26ClN3O2S/c1-15-19(23-20(28-15)16-5-7-17(22)8-6-16)27-21(26)25-13-9-18(10-14-25)24-11-3-2-4-12-24/h5-8,18H,2-4,9-14H2,1H3. The fourth-order valence-corrected chi connectivity index (χ4v) is 5.01. The number of amides is 1. The minimum atomic E-state index is -0.284. The Morgan fingerprint density at radius 3 is 2.46 bits per heavy atom. The normalized spacial score (nSPS) is 19.0. The van der Waals surface area contributed by atoms with Crippen molar-refractivity contribution in [2.75, 3.05) is 26.2 Å². The highest BCUT2D eigenvalue weighted by Gasteiger charge is 2.29. The van der Waals surface area contributed by atoms with E-state index in [4.69, 9.17) is 16.3 Å². The van der Waals surface area contributed by atoms with E-state index >= 15 is 0 Å². The van der Waals surface area contributed by atoms with Gasteiger partial charge in [-0.15, -0.1) is 11.3 Å². The van der Waals surface area contributed by atoms with Crippen LogP contribution in [0, 0.1) is 6.92 Å². The van der Waals surface area contributed by atoms with E-state index in [2.05, 4.69) is 9.88 Å². The number of carbonyl (C=O) groups is 1. The van der Waals surface area contributed by atoms with Crippen LogP contribution in [0.5, 0.6) is 5.88 Å². The van der Waals surface area contributed by atoms with Gasteiger partial charge in [0.1, 0.15) is 5.01 Å². The molecule has 150 valence electrons. The number of carbonyl (C=O) groups excluding carboxylic acids is 1. The van der Waals surface area contributed by atoms with Gasteiger partial charge in [-0.1, -0.05) is 30.2 Å². The number of halogens is 1. The number of aryl methyl sites for hydroxylation is 1. The molecule has 2 aliphatic heterocycles. The average molecular weight is 420 g/mol. The summed E-state index contributed by atoms with van der Waals surface area (Å²) in [6, 6.07) is 8.15. The predicted molar refractivity (Wildman–Crippen MR) is 113 cm³/mol. The van der Waals surface area contributed by atoms with Gasteiger partial charge in [-0.2, -0.15) is 0 Å². The first-order chi connectivity index (χ1) is 13.6. The number of nitrogens with zero attached hydrogens (tertiary/aromatic N) is 3. The molecule has 2 aliphatic rings. The van der Waals surface area contributed by atoms with Crippen molar-refractivity contribution in [3.8, 4) is 16.5 Å². The van der Waals surface area contributed by atoms with Crippen molar-refractivity contribution in [2.24, 2.45) is 0 Å². The number of hydrogen-bond acceptors (Lipinski definition) is 5. The van der Waals surface area contributed by atoms with Gasteiger partial charge in [-0.25, -0.2) is 9.78 Å². The molecule has 0 aliphatic carbocycles. The first-order valence-electron chi connectivity index (χ1n) is 10.0. The maximum absolute atomic E-state index is 12.6. The Bertz CT molecular complexity index is 810. The van der Waals surface area contributed by atoms with Crippen molar-refractivity contribution >= 4 is 29.0 Å². The van der Waals surface area contributed by atoms with E-state index in [0.29, 0.717) is 16.9 Å². The lowest BCUT2D eigenvalue weighted by molar-refractivity contribution is 0.0873. The predicted octanol–water partition coefficient (Wildman–Crippen LogP) is 5.22. The smallest absolute Gasteiger partial charge is 0.390 e. The quantitative estimate of drug-likeness (QED) is 0.684. The van der Waals surface area contributed by atoms with Gasteiger partial charge in [0.2, 0.25) is 5.88 Å². The topological polar surface area (TPSA) is 45.7 Å². The van der Waals surface area contributed by atoms with Crippen LogP contribution in [0.4, 0.5) is 4.79 Å². The second kappa shape index (κ2) is 8.80. The highest BCUT2D eigenvalue weighted by atomic mass is 35.5. The van der Waals surface area contributed by atoms with Crippen LogP contribution in [-0.4, -0.2) is 53.1 Å². The fraction of sp³-hybridized carbons (Fsp3) is 0.524. The number of likely N-dealkylation sites (tertiary alicyclic amines) is 2. The molecular weight excluding hydrogens is 394 g/mol. The maximum atomic E-state index is 12.6. The number of piperidine rings is 2. The fourth-order valence-electron chi connectivity index (χ4n) is 4.04. The summed E-state index contributed by atoms with van der Waals surface area (Å²) in [6.45, 7) is 5.87. The van der Waals surface area contributed by atoms with Gasteiger partial charge >= 0.3 is 6.09 Å². The summed E-state index contributed by atoms with van der Waals surface area (Å²) in [5.74, 6) is 0.415. The molecule has 0 atom stereocenters. The number of benzene rings is 1. The van der Waals surface area contributed by atoms with Gasteiger partial charge in [0, 0.05) is 29.7 Å². The first kappa shape index (κ1) is 19.7. The molecule has 1 aromatic heterocycles. The van der Waals surface area contributed by atoms with Gasteiger partial charge in [0.05, 0.1) is 4.88 Å². The first-order valence-corrected chi connectivity index (χ1v) is 11.2. The van der Waals surface area contributed by atoms with E-state index in [9.17, 15) is 4.79 Å². The van der Waals surface area contributed by atoms with E-state index in [1.807, 2.05) is 36.1 Å². The van der Waals surface area contributed by atoms with E-state index in [-0.39, 0.29) is 6.09 Å². The van der Waals surface area contributed by atoms with E-state index < -0.39 is 0 Å². The summed E-state index contributed by atoms with van der Waals surface area (Å²) in [4.78, 5) is 22.5. The lowest BCUT2D eigenvalue weighted by atomic mass is 10.0. The molecule has 1 amide bonds. The highest BCUT2D eigenvalue weighted by Crippen LogP contribution is 2.33. The lowest BCUT2D eigenvalue weighted by Crippen LogP contribution is -2.48. The van der Waals surface area contributed by atoms with Crippen molar-refractivity contribution < 1.29 is 9.53 Å². The molecule has 0 bridgehead atoms. The number of hydrogen-bond donors (Lipinski definition) is 0. The molecule has 4 rings (SSSR count). The minimum Gasteiger partial charge on any atom is -0.390 e. The van der Waals surface area contributed by atoms with Gasteiger partial charge in [-0.05, 0) is 57.8 Å². The van der Waals surface area contributed by atoms with Crippen molar-refractivity contribution in [1.82, 2.24) is 14.8 Å². The summed E-state index contributed by atoms with van der Waals surface area (Å²) in [5.41, 5.74) is 0.974. The van der Waals surface area contributed by atoms with Crippen molar-refractivity contribution in [3.05, 3.63) is 34.2 Å². The zero-order chi connectivity index (χ0) is 19.5. The van der Waals surface area contributed by atoms with Crippen LogP contribution in [-0.2, 0) is 0 Å². The number of aromatic nitrogens is 1. The van der Waals surface area contributed by atoms with E-state index in [0.717, 1.165) is 41.4 Å². The Morgan fingerprint density at radius 2 is 1.79 bits per heavy atom. The molecule has 1 aromatic carbocycles. The van der Waals surface area contributed by atoms with Crippen LogP contribution in [0.15, 0.2) is 24.3 Å². The van der Waals surface area contributed by atoms with Gasteiger partial charge in [-0.3, -0.25) is 0 Å². The van der Waals surface area contributed by atoms with Crippen molar-refractivity contribution in [2.45, 2.75) is 45.1 Å². The second-order valence-corrected chi connectivity index (χ2v) is 9.21. The average Bonchev–Trinajstić information content (AvgIpc) is 3.09. The molecule has 2 fully saturated rings. The third-order valence-electron chi connectivity index (χ3n) is 5.66. The Morgan fingerprint density at radius 1 is 1.11 bits per heavy atom. The molecule has 2 saturated heterocycles. The van der Waals surface area contributed by atoms with Crippen molar-refractivity contribution in [1.29, 1.82) is 0 Å². The van der Waals surface area contributed by atoms with Gasteiger partial charge in [0.15, 0.2) is 0 Å². The number of ether oxygens (including phenoxy) is 1. The Balaban J connectivity index is 1.34. The summed E-state index contributed by atoms with van der Waals surface area (Å²) >= 11 is 7.48. The zero-order valence-corrected chi connectivity index (χ0v) is 17.8. The van der Waals surface area contributed by atoms with E-state index in [1.54, 1.807) is 0 Å². The molecule has 0 spiro atoms.